The second-order valence-electron chi connectivity index (χ2n) is 5.53. The number of fused-ring (bicyclic) bond motifs is 1. The number of H-pyrrole nitrogens is 1. The highest BCUT2D eigenvalue weighted by Crippen LogP contribution is 2.26. The van der Waals surface area contributed by atoms with Gasteiger partial charge in [-0.15, -0.1) is 0 Å². The van der Waals surface area contributed by atoms with Gasteiger partial charge in [-0.1, -0.05) is 29.8 Å². The summed E-state index contributed by atoms with van der Waals surface area (Å²) in [4.78, 5) is 7.44. The van der Waals surface area contributed by atoms with Gasteiger partial charge in [0.1, 0.15) is 5.75 Å². The molecule has 0 radical (unpaired) electrons. The number of hydrogen-bond acceptors (Lipinski definition) is 3. The highest BCUT2D eigenvalue weighted by molar-refractivity contribution is 6.02. The third kappa shape index (κ3) is 3.21. The van der Waals surface area contributed by atoms with Crippen molar-refractivity contribution in [3.63, 3.8) is 0 Å². The molecule has 0 atom stereocenters. The van der Waals surface area contributed by atoms with Crippen LogP contribution in [0.3, 0.4) is 0 Å². The first-order valence-corrected chi connectivity index (χ1v) is 7.62. The molecule has 3 aromatic rings. The molecule has 0 aliphatic rings. The van der Waals surface area contributed by atoms with Gasteiger partial charge in [0, 0.05) is 23.7 Å². The number of aliphatic imine (C=N–C) groups is 1. The fraction of sp³-hybridized carbons (Fsp3) is 0.211. The minimum atomic E-state index is 0.159. The molecule has 118 valence electrons. The lowest BCUT2D eigenvalue weighted by Gasteiger charge is -2.05. The Hall–Kier alpha value is -2.75. The Bertz CT molecular complexity index is 850. The van der Waals surface area contributed by atoms with Crippen LogP contribution in [-0.2, 0) is 6.42 Å². The molecule has 0 aliphatic heterocycles. The van der Waals surface area contributed by atoms with Crippen molar-refractivity contribution in [3.05, 3.63) is 59.2 Å². The van der Waals surface area contributed by atoms with Crippen molar-refractivity contribution in [1.82, 2.24) is 4.98 Å². The summed E-state index contributed by atoms with van der Waals surface area (Å²) in [7, 11) is 1.68. The Morgan fingerprint density at radius 1 is 1.22 bits per heavy atom. The van der Waals surface area contributed by atoms with Crippen LogP contribution in [0.15, 0.2) is 47.5 Å². The Morgan fingerprint density at radius 2 is 2.04 bits per heavy atom. The standard InChI is InChI=1S/C19H20N2O2/c1-13-7-8-17-15(11-13)16(19(22)21-17)12-20-10-9-14-5-3-4-6-18(14)23-2/h3-8,11-12,21-22H,9-10H2,1-2H3. The molecule has 0 saturated heterocycles. The van der Waals surface area contributed by atoms with E-state index in [0.29, 0.717) is 6.54 Å². The number of nitrogens with one attached hydrogen (secondary N) is 1. The van der Waals surface area contributed by atoms with E-state index in [1.54, 1.807) is 13.3 Å². The Kier molecular flexibility index (Phi) is 4.33. The molecule has 2 aromatic carbocycles. The first-order chi connectivity index (χ1) is 11.2. The minimum absolute atomic E-state index is 0.159. The first-order valence-electron chi connectivity index (χ1n) is 7.62. The number of methoxy groups -OCH3 is 1. The predicted octanol–water partition coefficient (Wildman–Crippen LogP) is 3.85. The maximum absolute atomic E-state index is 10.1. The predicted molar refractivity (Wildman–Crippen MR) is 93.9 cm³/mol. The SMILES string of the molecule is COc1ccccc1CCN=Cc1c(O)[nH]c2ccc(C)cc12. The van der Waals surface area contributed by atoms with E-state index in [9.17, 15) is 5.11 Å². The zero-order chi connectivity index (χ0) is 16.2. The van der Waals surface area contributed by atoms with Gasteiger partial charge >= 0.3 is 0 Å². The molecule has 23 heavy (non-hydrogen) atoms. The quantitative estimate of drug-likeness (QED) is 0.703. The number of ether oxygens (including phenoxy) is 1. The van der Waals surface area contributed by atoms with Crippen LogP contribution in [0.1, 0.15) is 16.7 Å². The summed E-state index contributed by atoms with van der Waals surface area (Å²) in [6.07, 6.45) is 2.53. The van der Waals surface area contributed by atoms with Gasteiger partial charge < -0.3 is 14.8 Å². The number of aromatic amines is 1. The van der Waals surface area contributed by atoms with E-state index in [4.69, 9.17) is 4.74 Å². The summed E-state index contributed by atoms with van der Waals surface area (Å²) < 4.78 is 5.34. The Balaban J connectivity index is 1.76. The average molecular weight is 308 g/mol. The average Bonchev–Trinajstić information content (AvgIpc) is 2.87. The molecule has 3 rings (SSSR count). The van der Waals surface area contributed by atoms with Gasteiger partial charge in [-0.2, -0.15) is 0 Å². The Labute approximate surface area is 135 Å². The van der Waals surface area contributed by atoms with E-state index < -0.39 is 0 Å². The van der Waals surface area contributed by atoms with E-state index in [-0.39, 0.29) is 5.88 Å². The van der Waals surface area contributed by atoms with E-state index in [1.807, 2.05) is 49.4 Å². The summed E-state index contributed by atoms with van der Waals surface area (Å²) >= 11 is 0. The number of nitrogens with zero attached hydrogens (tertiary/aromatic N) is 1. The number of aromatic hydroxyl groups is 1. The Morgan fingerprint density at radius 3 is 2.87 bits per heavy atom. The summed E-state index contributed by atoms with van der Waals surface area (Å²) in [6, 6.07) is 14.0. The van der Waals surface area contributed by atoms with Gasteiger partial charge in [-0.05, 0) is 37.1 Å². The lowest BCUT2D eigenvalue weighted by atomic mass is 10.1. The van der Waals surface area contributed by atoms with Crippen LogP contribution in [0.25, 0.3) is 10.9 Å². The fourth-order valence-corrected chi connectivity index (χ4v) is 2.69. The van der Waals surface area contributed by atoms with Crippen LogP contribution >= 0.6 is 0 Å². The van der Waals surface area contributed by atoms with Crippen molar-refractivity contribution in [2.75, 3.05) is 13.7 Å². The molecule has 1 heterocycles. The number of aryl methyl sites for hydroxylation is 1. The molecule has 0 bridgehead atoms. The molecule has 4 nitrogen and oxygen atoms in total. The van der Waals surface area contributed by atoms with E-state index in [0.717, 1.165) is 39.8 Å². The maximum Gasteiger partial charge on any atom is 0.198 e. The highest BCUT2D eigenvalue weighted by Gasteiger charge is 2.08. The number of rotatable bonds is 5. The maximum atomic E-state index is 10.1. The molecule has 0 unspecified atom stereocenters. The van der Waals surface area contributed by atoms with Crippen LogP contribution in [0.4, 0.5) is 0 Å². The molecule has 1 aromatic heterocycles. The van der Waals surface area contributed by atoms with Crippen LogP contribution in [0, 0.1) is 6.92 Å². The number of para-hydroxylation sites is 1. The fourth-order valence-electron chi connectivity index (χ4n) is 2.69. The smallest absolute Gasteiger partial charge is 0.198 e. The van der Waals surface area contributed by atoms with Crippen LogP contribution in [-0.4, -0.2) is 30.0 Å². The summed E-state index contributed by atoms with van der Waals surface area (Å²) in [5.74, 6) is 1.04. The van der Waals surface area contributed by atoms with Crippen molar-refractivity contribution < 1.29 is 9.84 Å². The third-order valence-electron chi connectivity index (χ3n) is 3.90. The molecule has 0 fully saturated rings. The lowest BCUT2D eigenvalue weighted by molar-refractivity contribution is 0.410. The van der Waals surface area contributed by atoms with Gasteiger partial charge in [0.25, 0.3) is 0 Å². The molecule has 4 heteroatoms. The third-order valence-corrected chi connectivity index (χ3v) is 3.90. The van der Waals surface area contributed by atoms with Gasteiger partial charge in [0.05, 0.1) is 12.7 Å². The van der Waals surface area contributed by atoms with Gasteiger partial charge in [0.2, 0.25) is 0 Å². The zero-order valence-corrected chi connectivity index (χ0v) is 13.3. The first kappa shape index (κ1) is 15.2. The van der Waals surface area contributed by atoms with Crippen molar-refractivity contribution in [2.24, 2.45) is 4.99 Å². The summed E-state index contributed by atoms with van der Waals surface area (Å²) in [5.41, 5.74) is 3.94. The largest absolute Gasteiger partial charge is 0.496 e. The van der Waals surface area contributed by atoms with Crippen LogP contribution < -0.4 is 4.74 Å². The summed E-state index contributed by atoms with van der Waals surface area (Å²) in [6.45, 7) is 2.67. The second kappa shape index (κ2) is 6.57. The van der Waals surface area contributed by atoms with E-state index in [1.165, 1.54) is 0 Å². The second-order valence-corrected chi connectivity index (χ2v) is 5.53. The monoisotopic (exact) mass is 308 g/mol. The van der Waals surface area contributed by atoms with Gasteiger partial charge in [-0.3, -0.25) is 4.99 Å². The molecule has 0 saturated carbocycles. The molecule has 0 aliphatic carbocycles. The van der Waals surface area contributed by atoms with E-state index >= 15 is 0 Å². The zero-order valence-electron chi connectivity index (χ0n) is 13.3. The van der Waals surface area contributed by atoms with Crippen molar-refractivity contribution in [3.8, 4) is 11.6 Å². The molecule has 0 amide bonds. The van der Waals surface area contributed by atoms with Crippen LogP contribution in [0.2, 0.25) is 0 Å². The minimum Gasteiger partial charge on any atom is -0.496 e. The van der Waals surface area contributed by atoms with Crippen molar-refractivity contribution >= 4 is 17.1 Å². The van der Waals surface area contributed by atoms with Crippen molar-refractivity contribution in [1.29, 1.82) is 0 Å². The molecule has 2 N–H and O–H groups in total. The molecular weight excluding hydrogens is 288 g/mol. The number of aromatic nitrogens is 1. The normalized spacial score (nSPS) is 11.4. The highest BCUT2D eigenvalue weighted by atomic mass is 16.5. The topological polar surface area (TPSA) is 57.6 Å². The molecular formula is C19H20N2O2. The number of benzene rings is 2. The summed E-state index contributed by atoms with van der Waals surface area (Å²) in [5, 5.41) is 11.0. The van der Waals surface area contributed by atoms with Crippen LogP contribution in [0.5, 0.6) is 11.6 Å². The van der Waals surface area contributed by atoms with E-state index in [2.05, 4.69) is 9.98 Å². The number of hydrogen-bond donors (Lipinski definition) is 2. The van der Waals surface area contributed by atoms with Crippen molar-refractivity contribution in [2.45, 2.75) is 13.3 Å². The van der Waals surface area contributed by atoms with Gasteiger partial charge in [-0.25, -0.2) is 0 Å². The van der Waals surface area contributed by atoms with Gasteiger partial charge in [0.15, 0.2) is 5.88 Å². The lowest BCUT2D eigenvalue weighted by Crippen LogP contribution is -1.95. The molecule has 0 spiro atoms.